The Balaban J connectivity index is 1.43. The number of hydrogen-bond acceptors (Lipinski definition) is 5. The van der Waals surface area contributed by atoms with Crippen molar-refractivity contribution in [1.29, 1.82) is 0 Å². The highest BCUT2D eigenvalue weighted by Gasteiger charge is 2.10. The first-order valence-corrected chi connectivity index (χ1v) is 13.5. The molecule has 5 rings (SSSR count). The van der Waals surface area contributed by atoms with Gasteiger partial charge in [0.1, 0.15) is 0 Å². The summed E-state index contributed by atoms with van der Waals surface area (Å²) in [5.41, 5.74) is 6.76. The number of anilines is 2. The molecule has 6 nitrogen and oxygen atoms in total. The number of aromatic nitrogens is 3. The van der Waals surface area contributed by atoms with Crippen molar-refractivity contribution in [3.05, 3.63) is 84.2 Å². The Bertz CT molecular complexity index is 1350. The third-order valence-corrected chi connectivity index (χ3v) is 7.18. The van der Waals surface area contributed by atoms with Gasteiger partial charge in [0.15, 0.2) is 0 Å². The van der Waals surface area contributed by atoms with Crippen LogP contribution in [0, 0.1) is 0 Å². The number of benzene rings is 2. The molecule has 6 bridgehead atoms. The zero-order valence-corrected chi connectivity index (χ0v) is 22.0. The van der Waals surface area contributed by atoms with Crippen molar-refractivity contribution in [2.24, 2.45) is 0 Å². The van der Waals surface area contributed by atoms with Gasteiger partial charge in [-0.2, -0.15) is 0 Å². The van der Waals surface area contributed by atoms with E-state index in [4.69, 9.17) is 9.72 Å². The maximum Gasteiger partial charge on any atom is 0.227 e. The van der Waals surface area contributed by atoms with E-state index in [0.717, 1.165) is 62.4 Å². The van der Waals surface area contributed by atoms with Crippen LogP contribution in [0.15, 0.2) is 73.1 Å². The van der Waals surface area contributed by atoms with Crippen LogP contribution in [-0.2, 0) is 24.3 Å². The first kappa shape index (κ1) is 25.2. The summed E-state index contributed by atoms with van der Waals surface area (Å²) in [7, 11) is 0. The Hall–Kier alpha value is -3.48. The monoisotopic (exact) mass is 495 g/mol. The molecule has 0 amide bonds. The molecule has 3 heterocycles. The van der Waals surface area contributed by atoms with Gasteiger partial charge in [0.05, 0.1) is 18.9 Å². The number of ether oxygens (including phenoxy) is 1. The van der Waals surface area contributed by atoms with Gasteiger partial charge in [-0.05, 0) is 85.7 Å². The van der Waals surface area contributed by atoms with Gasteiger partial charge in [0, 0.05) is 35.7 Å². The van der Waals surface area contributed by atoms with Crippen LogP contribution in [0.3, 0.4) is 0 Å². The maximum absolute atomic E-state index is 6.09. The molecule has 0 aliphatic carbocycles. The number of rotatable bonds is 6. The van der Waals surface area contributed by atoms with Crippen LogP contribution >= 0.6 is 0 Å². The van der Waals surface area contributed by atoms with Crippen molar-refractivity contribution in [3.63, 3.8) is 0 Å². The summed E-state index contributed by atoms with van der Waals surface area (Å²) in [6.07, 6.45) is 11.5. The minimum atomic E-state index is 0.587. The standard InChI is InChI=1S/C31H37N5O/c1-3-35(4-2)17-8-9-24-12-13-28-21-27(24)23-37-20-7-5-6-18-36-19-15-25-10-11-26(22-30(25)36)29-14-16-32-31(33-28)34-29/h5,7,10-16,19,21-22H,3-4,6,8-9,17-18,20,23H2,1-2H3,(H,32,33,34)/b7-5+. The SMILES string of the molecule is CCN(CC)CCCc1ccc2cc1COC/C=C/CCn1ccc3ccc(cc31)-c1ccnc(n1)N2. The molecule has 0 fully saturated rings. The number of nitrogens with zero attached hydrogens (tertiary/aromatic N) is 4. The molecule has 192 valence electrons. The van der Waals surface area contributed by atoms with Gasteiger partial charge in [-0.3, -0.25) is 0 Å². The molecule has 37 heavy (non-hydrogen) atoms. The van der Waals surface area contributed by atoms with Crippen molar-refractivity contribution >= 4 is 22.5 Å². The predicted octanol–water partition coefficient (Wildman–Crippen LogP) is 6.59. The molecule has 2 aromatic carbocycles. The lowest BCUT2D eigenvalue weighted by Gasteiger charge is -2.18. The van der Waals surface area contributed by atoms with Gasteiger partial charge >= 0.3 is 0 Å². The molecule has 4 aromatic rings. The van der Waals surface area contributed by atoms with E-state index in [2.05, 4.69) is 94.4 Å². The highest BCUT2D eigenvalue weighted by Crippen LogP contribution is 2.26. The molecule has 1 aliphatic rings. The van der Waals surface area contributed by atoms with Crippen molar-refractivity contribution in [1.82, 2.24) is 19.4 Å². The fourth-order valence-corrected chi connectivity index (χ4v) is 5.00. The summed E-state index contributed by atoms with van der Waals surface area (Å²) in [5, 5.41) is 4.66. The van der Waals surface area contributed by atoms with Gasteiger partial charge in [-0.25, -0.2) is 9.97 Å². The highest BCUT2D eigenvalue weighted by atomic mass is 16.5. The molecular formula is C31H37N5O. The molecule has 0 spiro atoms. The summed E-state index contributed by atoms with van der Waals surface area (Å²) in [4.78, 5) is 11.8. The fraction of sp³-hybridized carbons (Fsp3) is 0.355. The summed E-state index contributed by atoms with van der Waals surface area (Å²) < 4.78 is 8.40. The highest BCUT2D eigenvalue weighted by molar-refractivity contribution is 5.85. The lowest BCUT2D eigenvalue weighted by molar-refractivity contribution is 0.148. The summed E-state index contributed by atoms with van der Waals surface area (Å²) >= 11 is 0. The Morgan fingerprint density at radius 3 is 2.84 bits per heavy atom. The molecule has 2 aromatic heterocycles. The molecule has 0 saturated carbocycles. The second kappa shape index (κ2) is 12.2. The van der Waals surface area contributed by atoms with Gasteiger partial charge in [-0.15, -0.1) is 0 Å². The van der Waals surface area contributed by atoms with E-state index in [0.29, 0.717) is 19.2 Å². The first-order chi connectivity index (χ1) is 18.2. The number of allylic oxidation sites excluding steroid dienone is 1. The maximum atomic E-state index is 6.09. The second-order valence-corrected chi connectivity index (χ2v) is 9.56. The fourth-order valence-electron chi connectivity index (χ4n) is 5.00. The Kier molecular flexibility index (Phi) is 8.28. The van der Waals surface area contributed by atoms with Crippen LogP contribution in [0.2, 0.25) is 0 Å². The van der Waals surface area contributed by atoms with E-state index < -0.39 is 0 Å². The number of aryl methyl sites for hydroxylation is 2. The number of hydrogen-bond donors (Lipinski definition) is 1. The molecule has 0 unspecified atom stereocenters. The van der Waals surface area contributed by atoms with E-state index in [1.165, 1.54) is 22.0 Å². The number of nitrogens with one attached hydrogen (secondary N) is 1. The third kappa shape index (κ3) is 6.27. The van der Waals surface area contributed by atoms with Gasteiger partial charge in [0.2, 0.25) is 5.95 Å². The minimum absolute atomic E-state index is 0.587. The van der Waals surface area contributed by atoms with Crippen LogP contribution < -0.4 is 5.32 Å². The van der Waals surface area contributed by atoms with Crippen LogP contribution in [0.1, 0.15) is 37.8 Å². The van der Waals surface area contributed by atoms with Crippen molar-refractivity contribution in [2.75, 3.05) is 31.6 Å². The first-order valence-electron chi connectivity index (χ1n) is 13.5. The van der Waals surface area contributed by atoms with Crippen LogP contribution in [0.25, 0.3) is 22.2 Å². The zero-order valence-electron chi connectivity index (χ0n) is 22.0. The summed E-state index contributed by atoms with van der Waals surface area (Å²) in [5.74, 6) is 0.596. The smallest absolute Gasteiger partial charge is 0.227 e. The average Bonchev–Trinajstić information content (AvgIpc) is 3.33. The van der Waals surface area contributed by atoms with Crippen LogP contribution in [0.4, 0.5) is 11.6 Å². The lowest BCUT2D eigenvalue weighted by atomic mass is 10.0. The zero-order chi connectivity index (χ0) is 25.5. The van der Waals surface area contributed by atoms with E-state index in [9.17, 15) is 0 Å². The normalized spacial score (nSPS) is 14.9. The Labute approximate surface area is 220 Å². The second-order valence-electron chi connectivity index (χ2n) is 9.56. The summed E-state index contributed by atoms with van der Waals surface area (Å²) in [6.45, 7) is 9.89. The van der Waals surface area contributed by atoms with E-state index >= 15 is 0 Å². The molecule has 0 radical (unpaired) electrons. The van der Waals surface area contributed by atoms with Gasteiger partial charge in [-0.1, -0.05) is 44.2 Å². The minimum Gasteiger partial charge on any atom is -0.373 e. The van der Waals surface area contributed by atoms with Gasteiger partial charge < -0.3 is 19.5 Å². The van der Waals surface area contributed by atoms with Crippen LogP contribution in [-0.4, -0.2) is 45.7 Å². The average molecular weight is 496 g/mol. The molecule has 0 atom stereocenters. The molecule has 0 saturated heterocycles. The molecule has 1 N–H and O–H groups in total. The largest absolute Gasteiger partial charge is 0.373 e. The number of fused-ring (bicyclic) bond motifs is 6. The van der Waals surface area contributed by atoms with E-state index in [-0.39, 0.29) is 0 Å². The van der Waals surface area contributed by atoms with E-state index in [1.807, 2.05) is 12.3 Å². The van der Waals surface area contributed by atoms with Crippen molar-refractivity contribution in [2.45, 2.75) is 46.3 Å². The molecular weight excluding hydrogens is 458 g/mol. The molecule has 1 aliphatic heterocycles. The van der Waals surface area contributed by atoms with Gasteiger partial charge in [0.25, 0.3) is 0 Å². The van der Waals surface area contributed by atoms with Crippen LogP contribution in [0.5, 0.6) is 0 Å². The molecule has 6 heteroatoms. The Morgan fingerprint density at radius 2 is 1.95 bits per heavy atom. The lowest BCUT2D eigenvalue weighted by Crippen LogP contribution is -2.24. The van der Waals surface area contributed by atoms with E-state index in [1.54, 1.807) is 0 Å². The van der Waals surface area contributed by atoms with Crippen molar-refractivity contribution < 1.29 is 4.74 Å². The quantitative estimate of drug-likeness (QED) is 0.306. The topological polar surface area (TPSA) is 55.2 Å². The van der Waals surface area contributed by atoms with Crippen molar-refractivity contribution in [3.8, 4) is 11.3 Å². The predicted molar refractivity (Wildman–Crippen MR) is 152 cm³/mol. The third-order valence-electron chi connectivity index (χ3n) is 7.18. The Morgan fingerprint density at radius 1 is 1.03 bits per heavy atom. The summed E-state index contributed by atoms with van der Waals surface area (Å²) in [6, 6.07) is 17.2.